The van der Waals surface area contributed by atoms with Crippen LogP contribution >= 0.6 is 11.3 Å². The van der Waals surface area contributed by atoms with Crippen LogP contribution < -0.4 is 5.32 Å². The highest BCUT2D eigenvalue weighted by Gasteiger charge is 2.00. The first-order chi connectivity index (χ1) is 6.22. The minimum atomic E-state index is -0.115. The zero-order chi connectivity index (χ0) is 9.68. The summed E-state index contributed by atoms with van der Waals surface area (Å²) in [5, 5.41) is 3.34. The van der Waals surface area contributed by atoms with Crippen LogP contribution in [0.3, 0.4) is 0 Å². The Balaban J connectivity index is 2.50. The first-order valence-corrected chi connectivity index (χ1v) is 4.94. The fraction of sp³-hybridized carbons (Fsp3) is 0.333. The van der Waals surface area contributed by atoms with Crippen LogP contribution in [0.2, 0.25) is 0 Å². The molecule has 1 aromatic rings. The summed E-state index contributed by atoms with van der Waals surface area (Å²) < 4.78 is 0. The Morgan fingerprint density at radius 3 is 3.08 bits per heavy atom. The normalized spacial score (nSPS) is 10.6. The number of anilines is 1. The second kappa shape index (κ2) is 4.77. The molecule has 1 N–H and O–H groups in total. The number of hydrogen-bond donors (Lipinski definition) is 1. The van der Waals surface area contributed by atoms with E-state index in [1.165, 1.54) is 17.4 Å². The van der Waals surface area contributed by atoms with Gasteiger partial charge in [-0.15, -0.1) is 11.3 Å². The van der Waals surface area contributed by atoms with Crippen LogP contribution in [-0.2, 0) is 4.79 Å². The van der Waals surface area contributed by atoms with Crippen molar-refractivity contribution in [3.63, 3.8) is 0 Å². The second-order valence-electron chi connectivity index (χ2n) is 2.58. The fourth-order valence-electron chi connectivity index (χ4n) is 0.784. The van der Waals surface area contributed by atoms with Gasteiger partial charge in [-0.2, -0.15) is 0 Å². The standard InChI is InChI=1S/C9H12N2OS/c1-3-4-5-8(12)11-9-10-6-7(2)13-9/h4-6H,3H2,1-2H3,(H,10,11,12)/b5-4+. The lowest BCUT2D eigenvalue weighted by atomic mass is 10.4. The summed E-state index contributed by atoms with van der Waals surface area (Å²) in [6.07, 6.45) is 5.95. The number of aromatic nitrogens is 1. The van der Waals surface area contributed by atoms with E-state index >= 15 is 0 Å². The zero-order valence-corrected chi connectivity index (χ0v) is 8.52. The Labute approximate surface area is 81.5 Å². The van der Waals surface area contributed by atoms with Crippen LogP contribution in [0.5, 0.6) is 0 Å². The number of hydrogen-bond acceptors (Lipinski definition) is 3. The van der Waals surface area contributed by atoms with Crippen molar-refractivity contribution in [1.82, 2.24) is 4.98 Å². The van der Waals surface area contributed by atoms with Gasteiger partial charge in [-0.05, 0) is 19.4 Å². The van der Waals surface area contributed by atoms with E-state index in [0.29, 0.717) is 5.13 Å². The van der Waals surface area contributed by atoms with Gasteiger partial charge in [0.15, 0.2) is 5.13 Å². The Morgan fingerprint density at radius 1 is 1.77 bits per heavy atom. The Morgan fingerprint density at radius 2 is 2.54 bits per heavy atom. The summed E-state index contributed by atoms with van der Waals surface area (Å²) in [5.74, 6) is -0.115. The van der Waals surface area contributed by atoms with Gasteiger partial charge in [-0.25, -0.2) is 4.98 Å². The number of allylic oxidation sites excluding steroid dienone is 1. The van der Waals surface area contributed by atoms with Gasteiger partial charge in [0.1, 0.15) is 0 Å². The third kappa shape index (κ3) is 3.38. The van der Waals surface area contributed by atoms with Crippen molar-refractivity contribution in [2.75, 3.05) is 5.32 Å². The molecule has 0 aliphatic carbocycles. The summed E-state index contributed by atoms with van der Waals surface area (Å²) in [4.78, 5) is 16.3. The van der Waals surface area contributed by atoms with E-state index in [1.807, 2.05) is 19.9 Å². The topological polar surface area (TPSA) is 42.0 Å². The third-order valence-electron chi connectivity index (χ3n) is 1.36. The maximum absolute atomic E-state index is 11.1. The lowest BCUT2D eigenvalue weighted by molar-refractivity contribution is -0.111. The van der Waals surface area contributed by atoms with Crippen molar-refractivity contribution in [1.29, 1.82) is 0 Å². The largest absolute Gasteiger partial charge is 0.298 e. The Kier molecular flexibility index (Phi) is 3.64. The molecule has 0 saturated carbocycles. The minimum Gasteiger partial charge on any atom is -0.298 e. The van der Waals surface area contributed by atoms with Crippen LogP contribution in [0.15, 0.2) is 18.3 Å². The van der Waals surface area contributed by atoms with Crippen molar-refractivity contribution in [3.8, 4) is 0 Å². The Hall–Kier alpha value is -1.16. The number of amides is 1. The van der Waals surface area contributed by atoms with Gasteiger partial charge in [0.05, 0.1) is 0 Å². The maximum Gasteiger partial charge on any atom is 0.249 e. The van der Waals surface area contributed by atoms with Gasteiger partial charge < -0.3 is 0 Å². The van der Waals surface area contributed by atoms with Crippen molar-refractivity contribution in [2.24, 2.45) is 0 Å². The molecule has 1 rings (SSSR count). The summed E-state index contributed by atoms with van der Waals surface area (Å²) >= 11 is 1.47. The third-order valence-corrected chi connectivity index (χ3v) is 2.18. The lowest BCUT2D eigenvalue weighted by Gasteiger charge is -1.93. The van der Waals surface area contributed by atoms with E-state index in [2.05, 4.69) is 10.3 Å². The Bertz CT molecular complexity index is 317. The van der Waals surface area contributed by atoms with Gasteiger partial charge >= 0.3 is 0 Å². The highest BCUT2D eigenvalue weighted by Crippen LogP contribution is 2.16. The van der Waals surface area contributed by atoms with Crippen LogP contribution in [0.1, 0.15) is 18.2 Å². The van der Waals surface area contributed by atoms with Gasteiger partial charge in [-0.1, -0.05) is 13.0 Å². The van der Waals surface area contributed by atoms with E-state index in [4.69, 9.17) is 0 Å². The van der Waals surface area contributed by atoms with Gasteiger partial charge in [0.25, 0.3) is 0 Å². The molecule has 3 nitrogen and oxygen atoms in total. The van der Waals surface area contributed by atoms with Crippen LogP contribution in [-0.4, -0.2) is 10.9 Å². The van der Waals surface area contributed by atoms with E-state index in [9.17, 15) is 4.79 Å². The molecule has 0 spiro atoms. The predicted molar refractivity (Wildman–Crippen MR) is 54.9 cm³/mol. The van der Waals surface area contributed by atoms with Crippen molar-refractivity contribution >= 4 is 22.4 Å². The molecule has 13 heavy (non-hydrogen) atoms. The van der Waals surface area contributed by atoms with Gasteiger partial charge in [0.2, 0.25) is 5.91 Å². The SMILES string of the molecule is CC/C=C/C(=O)Nc1ncc(C)s1. The number of aryl methyl sites for hydroxylation is 1. The molecule has 1 aromatic heterocycles. The predicted octanol–water partition coefficient (Wildman–Crippen LogP) is 2.36. The molecule has 0 atom stereocenters. The maximum atomic E-state index is 11.1. The molecule has 0 aromatic carbocycles. The average Bonchev–Trinajstić information content (AvgIpc) is 2.48. The molecule has 0 fully saturated rings. The molecule has 1 heterocycles. The molecule has 0 aliphatic rings. The quantitative estimate of drug-likeness (QED) is 0.754. The molecular formula is C9H12N2OS. The molecular weight excluding hydrogens is 184 g/mol. The molecule has 4 heteroatoms. The van der Waals surface area contributed by atoms with E-state index < -0.39 is 0 Å². The molecule has 0 radical (unpaired) electrons. The van der Waals surface area contributed by atoms with Crippen molar-refractivity contribution < 1.29 is 4.79 Å². The fourth-order valence-corrected chi connectivity index (χ4v) is 1.45. The molecule has 0 unspecified atom stereocenters. The second-order valence-corrected chi connectivity index (χ2v) is 3.81. The van der Waals surface area contributed by atoms with Crippen LogP contribution in [0, 0.1) is 6.92 Å². The number of thiazole rings is 1. The molecule has 0 aliphatic heterocycles. The van der Waals surface area contributed by atoms with E-state index in [1.54, 1.807) is 6.20 Å². The summed E-state index contributed by atoms with van der Waals surface area (Å²) in [5.41, 5.74) is 0. The number of carbonyl (C=O) groups is 1. The summed E-state index contributed by atoms with van der Waals surface area (Å²) in [6, 6.07) is 0. The monoisotopic (exact) mass is 196 g/mol. The minimum absolute atomic E-state index is 0.115. The van der Waals surface area contributed by atoms with Crippen molar-refractivity contribution in [3.05, 3.63) is 23.2 Å². The van der Waals surface area contributed by atoms with Crippen LogP contribution in [0.4, 0.5) is 5.13 Å². The van der Waals surface area contributed by atoms with E-state index in [0.717, 1.165) is 11.3 Å². The lowest BCUT2D eigenvalue weighted by Crippen LogP contribution is -2.06. The first-order valence-electron chi connectivity index (χ1n) is 4.12. The van der Waals surface area contributed by atoms with Gasteiger partial charge in [0, 0.05) is 11.1 Å². The van der Waals surface area contributed by atoms with Crippen molar-refractivity contribution in [2.45, 2.75) is 20.3 Å². The average molecular weight is 196 g/mol. The number of nitrogens with zero attached hydrogens (tertiary/aromatic N) is 1. The van der Waals surface area contributed by atoms with Crippen LogP contribution in [0.25, 0.3) is 0 Å². The number of nitrogens with one attached hydrogen (secondary N) is 1. The van der Waals surface area contributed by atoms with E-state index in [-0.39, 0.29) is 5.91 Å². The number of carbonyl (C=O) groups excluding carboxylic acids is 1. The summed E-state index contributed by atoms with van der Waals surface area (Å²) in [7, 11) is 0. The smallest absolute Gasteiger partial charge is 0.249 e. The highest BCUT2D eigenvalue weighted by atomic mass is 32.1. The zero-order valence-electron chi connectivity index (χ0n) is 7.70. The summed E-state index contributed by atoms with van der Waals surface area (Å²) in [6.45, 7) is 3.94. The molecule has 0 bridgehead atoms. The molecule has 70 valence electrons. The van der Waals surface area contributed by atoms with Gasteiger partial charge in [-0.3, -0.25) is 10.1 Å². The first kappa shape index (κ1) is 9.92. The number of rotatable bonds is 3. The molecule has 0 saturated heterocycles. The molecule has 1 amide bonds. The highest BCUT2D eigenvalue weighted by molar-refractivity contribution is 7.15.